The largest absolute Gasteiger partial charge is 0.258 e. The van der Waals surface area contributed by atoms with Crippen LogP contribution >= 0.6 is 23.3 Å². The van der Waals surface area contributed by atoms with Crippen LogP contribution in [0.15, 0.2) is 16.6 Å². The molecule has 0 fully saturated rings. The van der Waals surface area contributed by atoms with Gasteiger partial charge in [0.2, 0.25) is 0 Å². The minimum absolute atomic E-state index is 0.714. The monoisotopic (exact) mass is 207 g/mol. The van der Waals surface area contributed by atoms with Crippen molar-refractivity contribution in [2.75, 3.05) is 5.75 Å². The molecule has 0 bridgehead atoms. The fourth-order valence-corrected chi connectivity index (χ4v) is 3.77. The van der Waals surface area contributed by atoms with E-state index in [0.717, 1.165) is 0 Å². The summed E-state index contributed by atoms with van der Waals surface area (Å²) in [5.41, 5.74) is 2.02. The van der Waals surface area contributed by atoms with Gasteiger partial charge in [0, 0.05) is 6.20 Å². The third-order valence-corrected chi connectivity index (χ3v) is 5.33. The van der Waals surface area contributed by atoms with Gasteiger partial charge in [0.15, 0.2) is 0 Å². The fourth-order valence-electron chi connectivity index (χ4n) is 0.741. The number of nitrogens with zero attached hydrogens (tertiary/aromatic N) is 1. The van der Waals surface area contributed by atoms with Crippen LogP contribution in [-0.4, -0.2) is 11.3 Å². The molecule has 0 aromatic rings. The minimum Gasteiger partial charge on any atom is -0.258 e. The zero-order valence-electron chi connectivity index (χ0n) is 5.38. The molecule has 0 aromatic carbocycles. The number of aliphatic imine (C=N–C) groups is 1. The Morgan fingerprint density at radius 1 is 1.67 bits per heavy atom. The molecule has 1 aliphatic rings. The van der Waals surface area contributed by atoms with Gasteiger partial charge in [-0.3, -0.25) is 4.99 Å². The lowest BCUT2D eigenvalue weighted by atomic mass is 10.6. The summed E-state index contributed by atoms with van der Waals surface area (Å²) in [4.78, 5) is 4.04. The lowest BCUT2D eigenvalue weighted by Crippen LogP contribution is -1.89. The zero-order valence-corrected chi connectivity index (χ0v) is 7.78. The van der Waals surface area contributed by atoms with Crippen LogP contribution in [-0.2, 0) is 0 Å². The highest BCUT2D eigenvalue weighted by molar-refractivity contribution is 9.61. The van der Waals surface area contributed by atoms with Gasteiger partial charge in [-0.25, -0.2) is 0 Å². The molecule has 0 N–H and O–H groups in total. The number of hydrogen-bond donors (Lipinski definition) is 0. The van der Waals surface area contributed by atoms with Crippen LogP contribution in [0.1, 0.15) is 13.3 Å². The van der Waals surface area contributed by atoms with Crippen molar-refractivity contribution in [3.8, 4) is 0 Å². The molecule has 1 unspecified atom stereocenters. The van der Waals surface area contributed by atoms with E-state index < -0.39 is 8.46 Å². The number of hydrogen-bond acceptors (Lipinski definition) is 1. The van der Waals surface area contributed by atoms with Crippen molar-refractivity contribution in [3.63, 3.8) is 0 Å². The fraction of sp³-hybridized carbons (Fsp3) is 0.500. The SMILES string of the molecule is CCCS1(Br)C=CN=C1. The van der Waals surface area contributed by atoms with Gasteiger partial charge < -0.3 is 0 Å². The van der Waals surface area contributed by atoms with Gasteiger partial charge in [-0.2, -0.15) is 0 Å². The van der Waals surface area contributed by atoms with Gasteiger partial charge >= 0.3 is 0 Å². The van der Waals surface area contributed by atoms with Crippen LogP contribution in [0.5, 0.6) is 0 Å². The van der Waals surface area contributed by atoms with E-state index in [-0.39, 0.29) is 0 Å². The van der Waals surface area contributed by atoms with Crippen molar-refractivity contribution < 1.29 is 0 Å². The van der Waals surface area contributed by atoms with Crippen LogP contribution in [0.2, 0.25) is 0 Å². The molecule has 0 aromatic heterocycles. The van der Waals surface area contributed by atoms with E-state index in [4.69, 9.17) is 0 Å². The van der Waals surface area contributed by atoms with Crippen LogP contribution in [0.3, 0.4) is 0 Å². The molecule has 1 atom stereocenters. The van der Waals surface area contributed by atoms with Crippen molar-refractivity contribution >= 4 is 28.8 Å². The Morgan fingerprint density at radius 2 is 2.44 bits per heavy atom. The highest BCUT2D eigenvalue weighted by Gasteiger charge is 2.14. The summed E-state index contributed by atoms with van der Waals surface area (Å²) in [6, 6.07) is 0. The first-order valence-corrected chi connectivity index (χ1v) is 6.74. The van der Waals surface area contributed by atoms with Gasteiger partial charge in [-0.05, 0) is 32.4 Å². The Bertz CT molecular complexity index is 141. The Balaban J connectivity index is 2.53. The van der Waals surface area contributed by atoms with E-state index >= 15 is 0 Å². The van der Waals surface area contributed by atoms with E-state index in [9.17, 15) is 0 Å². The molecule has 0 spiro atoms. The molecule has 0 amide bonds. The maximum Gasteiger partial charge on any atom is 0.0556 e. The van der Waals surface area contributed by atoms with E-state index in [2.05, 4.69) is 32.1 Å². The Hall–Kier alpha value is 0.240. The van der Waals surface area contributed by atoms with Gasteiger partial charge in [0.25, 0.3) is 0 Å². The predicted molar refractivity (Wildman–Crippen MR) is 49.3 cm³/mol. The lowest BCUT2D eigenvalue weighted by Gasteiger charge is -2.19. The molecule has 0 saturated carbocycles. The summed E-state index contributed by atoms with van der Waals surface area (Å²) < 4.78 is 0. The van der Waals surface area contributed by atoms with Crippen LogP contribution in [0.25, 0.3) is 0 Å². The predicted octanol–water partition coefficient (Wildman–Crippen LogP) is 3.02. The molecule has 1 rings (SSSR count). The summed E-state index contributed by atoms with van der Waals surface area (Å²) >= 11 is 3.65. The Labute approximate surface area is 64.8 Å². The molecule has 1 aliphatic heterocycles. The first-order valence-electron chi connectivity index (χ1n) is 2.97. The molecule has 1 nitrogen and oxygen atoms in total. The second kappa shape index (κ2) is 2.88. The van der Waals surface area contributed by atoms with Crippen molar-refractivity contribution in [1.82, 2.24) is 0 Å². The highest BCUT2D eigenvalue weighted by Crippen LogP contribution is 2.57. The Kier molecular flexibility index (Phi) is 2.35. The van der Waals surface area contributed by atoms with Crippen LogP contribution in [0, 0.1) is 0 Å². The standard InChI is InChI=1S/C6H10BrNS/c1-2-4-9(7)5-3-8-6-9/h3,5-6H,2,4H2,1H3. The van der Waals surface area contributed by atoms with Crippen molar-refractivity contribution in [3.05, 3.63) is 11.6 Å². The van der Waals surface area contributed by atoms with Crippen molar-refractivity contribution in [2.24, 2.45) is 4.99 Å². The first-order chi connectivity index (χ1) is 4.27. The number of halogens is 1. The maximum absolute atomic E-state index is 4.04. The van der Waals surface area contributed by atoms with Crippen molar-refractivity contribution in [1.29, 1.82) is 0 Å². The first kappa shape index (κ1) is 7.35. The third-order valence-electron chi connectivity index (χ3n) is 1.13. The van der Waals surface area contributed by atoms with Gasteiger partial charge in [-0.15, -0.1) is 8.46 Å². The van der Waals surface area contributed by atoms with Gasteiger partial charge in [0.1, 0.15) is 0 Å². The molecule has 0 saturated heterocycles. The second-order valence-corrected chi connectivity index (χ2v) is 8.02. The summed E-state index contributed by atoms with van der Waals surface area (Å²) in [5, 5.41) is 2.16. The molecule has 0 radical (unpaired) electrons. The quantitative estimate of drug-likeness (QED) is 0.661. The molecule has 9 heavy (non-hydrogen) atoms. The molecular formula is C6H10BrNS. The van der Waals surface area contributed by atoms with Gasteiger partial charge in [-0.1, -0.05) is 6.92 Å². The maximum atomic E-state index is 4.04. The molecule has 1 heterocycles. The third kappa shape index (κ3) is 1.83. The molecule has 0 aliphatic carbocycles. The zero-order chi connectivity index (χ0) is 6.74. The molecule has 52 valence electrons. The van der Waals surface area contributed by atoms with Crippen molar-refractivity contribution in [2.45, 2.75) is 13.3 Å². The average Bonchev–Trinajstić information content (AvgIpc) is 2.16. The van der Waals surface area contributed by atoms with E-state index in [0.29, 0.717) is 0 Å². The Morgan fingerprint density at radius 3 is 2.89 bits per heavy atom. The van der Waals surface area contributed by atoms with E-state index in [1.54, 1.807) is 0 Å². The normalized spacial score (nSPS) is 38.9. The van der Waals surface area contributed by atoms with E-state index in [1.165, 1.54) is 12.2 Å². The van der Waals surface area contributed by atoms with Crippen LogP contribution < -0.4 is 0 Å². The smallest absolute Gasteiger partial charge is 0.0556 e. The summed E-state index contributed by atoms with van der Waals surface area (Å²) in [6.45, 7) is 2.19. The van der Waals surface area contributed by atoms with Crippen LogP contribution in [0.4, 0.5) is 0 Å². The highest BCUT2D eigenvalue weighted by atomic mass is 79.9. The second-order valence-electron chi connectivity index (χ2n) is 2.00. The lowest BCUT2D eigenvalue weighted by molar-refractivity contribution is 1.11. The summed E-state index contributed by atoms with van der Waals surface area (Å²) in [7, 11) is -0.714. The topological polar surface area (TPSA) is 12.4 Å². The average molecular weight is 208 g/mol. The minimum atomic E-state index is -0.714. The summed E-state index contributed by atoms with van der Waals surface area (Å²) in [5.74, 6) is 1.22. The van der Waals surface area contributed by atoms with Gasteiger partial charge in [0.05, 0.1) is 5.55 Å². The number of rotatable bonds is 2. The molecule has 3 heteroatoms. The molecular weight excluding hydrogens is 198 g/mol. The summed E-state index contributed by atoms with van der Waals surface area (Å²) in [6.07, 6.45) is 3.09. The van der Waals surface area contributed by atoms with E-state index in [1.807, 2.05) is 11.7 Å².